The third kappa shape index (κ3) is 5.28. The van der Waals surface area contributed by atoms with Crippen molar-refractivity contribution in [3.8, 4) is 0 Å². The number of hydrogen-bond donors (Lipinski definition) is 1. The van der Waals surface area contributed by atoms with Gasteiger partial charge < -0.3 is 14.6 Å². The Morgan fingerprint density at radius 3 is 2.67 bits per heavy atom. The van der Waals surface area contributed by atoms with Gasteiger partial charge in [0.2, 0.25) is 0 Å². The first-order valence-corrected chi connectivity index (χ1v) is 6.90. The van der Waals surface area contributed by atoms with Gasteiger partial charge in [-0.05, 0) is 13.0 Å². The molecule has 122 valence electrons. The SMILES string of the molecule is CCCn1ccnc1C(COCC(F)(F)C(F)F)NCC. The number of hydrogen-bond acceptors (Lipinski definition) is 3. The lowest BCUT2D eigenvalue weighted by atomic mass is 10.2. The van der Waals surface area contributed by atoms with Gasteiger partial charge in [0.15, 0.2) is 0 Å². The van der Waals surface area contributed by atoms with Crippen LogP contribution in [0.2, 0.25) is 0 Å². The summed E-state index contributed by atoms with van der Waals surface area (Å²) in [6.07, 6.45) is 0.573. The van der Waals surface area contributed by atoms with Gasteiger partial charge in [-0.3, -0.25) is 0 Å². The predicted octanol–water partition coefficient (Wildman–Crippen LogP) is 2.86. The van der Waals surface area contributed by atoms with Crippen LogP contribution in [0.3, 0.4) is 0 Å². The molecule has 1 aromatic rings. The molecule has 0 aliphatic rings. The van der Waals surface area contributed by atoms with Crippen LogP contribution in [-0.2, 0) is 11.3 Å². The largest absolute Gasteiger partial charge is 0.373 e. The second kappa shape index (κ2) is 8.33. The molecule has 0 aliphatic carbocycles. The monoisotopic (exact) mass is 311 g/mol. The molecule has 0 aromatic carbocycles. The fourth-order valence-electron chi connectivity index (χ4n) is 1.91. The molecule has 0 fully saturated rings. The zero-order valence-corrected chi connectivity index (χ0v) is 12.2. The molecular weight excluding hydrogens is 290 g/mol. The number of nitrogens with one attached hydrogen (secondary N) is 1. The number of halogens is 4. The molecule has 0 bridgehead atoms. The molecule has 1 atom stereocenters. The van der Waals surface area contributed by atoms with Gasteiger partial charge in [0, 0.05) is 18.9 Å². The number of ether oxygens (including phenoxy) is 1. The van der Waals surface area contributed by atoms with Crippen molar-refractivity contribution < 1.29 is 22.3 Å². The highest BCUT2D eigenvalue weighted by Crippen LogP contribution is 2.23. The Morgan fingerprint density at radius 2 is 2.10 bits per heavy atom. The van der Waals surface area contributed by atoms with Crippen molar-refractivity contribution in [2.24, 2.45) is 0 Å². The van der Waals surface area contributed by atoms with Crippen LogP contribution in [0, 0.1) is 0 Å². The third-order valence-corrected chi connectivity index (χ3v) is 2.87. The molecule has 0 aliphatic heterocycles. The number of aryl methyl sites for hydroxylation is 1. The van der Waals surface area contributed by atoms with Crippen LogP contribution >= 0.6 is 0 Å². The Morgan fingerprint density at radius 1 is 1.38 bits per heavy atom. The van der Waals surface area contributed by atoms with Crippen LogP contribution < -0.4 is 5.32 Å². The van der Waals surface area contributed by atoms with E-state index < -0.39 is 25.0 Å². The van der Waals surface area contributed by atoms with E-state index in [1.54, 1.807) is 12.4 Å². The lowest BCUT2D eigenvalue weighted by Crippen LogP contribution is -2.35. The van der Waals surface area contributed by atoms with E-state index >= 15 is 0 Å². The molecule has 1 rings (SSSR count). The average molecular weight is 311 g/mol. The summed E-state index contributed by atoms with van der Waals surface area (Å²) in [6, 6.07) is -0.412. The molecule has 1 unspecified atom stereocenters. The molecule has 1 heterocycles. The van der Waals surface area contributed by atoms with Crippen molar-refractivity contribution in [1.29, 1.82) is 0 Å². The molecule has 0 saturated heterocycles. The van der Waals surface area contributed by atoms with E-state index in [0.717, 1.165) is 13.0 Å². The van der Waals surface area contributed by atoms with Crippen LogP contribution in [0.4, 0.5) is 17.6 Å². The molecule has 1 N–H and O–H groups in total. The van der Waals surface area contributed by atoms with Gasteiger partial charge in [0.05, 0.1) is 12.6 Å². The van der Waals surface area contributed by atoms with Crippen molar-refractivity contribution >= 4 is 0 Å². The van der Waals surface area contributed by atoms with E-state index in [2.05, 4.69) is 10.3 Å². The first-order chi connectivity index (χ1) is 9.92. The van der Waals surface area contributed by atoms with Crippen molar-refractivity contribution in [2.75, 3.05) is 19.8 Å². The number of likely N-dealkylation sites (N-methyl/N-ethyl adjacent to an activating group) is 1. The Kier molecular flexibility index (Phi) is 7.10. The minimum atomic E-state index is -4.13. The van der Waals surface area contributed by atoms with Crippen molar-refractivity contribution in [2.45, 2.75) is 45.2 Å². The van der Waals surface area contributed by atoms with Crippen LogP contribution in [0.15, 0.2) is 12.4 Å². The van der Waals surface area contributed by atoms with E-state index in [4.69, 9.17) is 4.74 Å². The number of aromatic nitrogens is 2. The van der Waals surface area contributed by atoms with Gasteiger partial charge >= 0.3 is 12.3 Å². The molecule has 4 nitrogen and oxygen atoms in total. The molecule has 1 aromatic heterocycles. The quantitative estimate of drug-likeness (QED) is 0.675. The van der Waals surface area contributed by atoms with E-state index in [1.165, 1.54) is 0 Å². The molecule has 0 amide bonds. The fraction of sp³-hybridized carbons (Fsp3) is 0.769. The summed E-state index contributed by atoms with van der Waals surface area (Å²) in [6.45, 7) is 3.74. The molecule has 0 spiro atoms. The van der Waals surface area contributed by atoms with Crippen molar-refractivity contribution in [3.63, 3.8) is 0 Å². The second-order valence-electron chi connectivity index (χ2n) is 4.67. The van der Waals surface area contributed by atoms with E-state index in [-0.39, 0.29) is 6.61 Å². The molecule has 0 radical (unpaired) electrons. The maximum Gasteiger partial charge on any atom is 0.330 e. The Balaban J connectivity index is 2.63. The fourth-order valence-corrected chi connectivity index (χ4v) is 1.91. The Hall–Kier alpha value is -1.15. The van der Waals surface area contributed by atoms with E-state index in [1.807, 2.05) is 18.4 Å². The van der Waals surface area contributed by atoms with Gasteiger partial charge in [-0.2, -0.15) is 8.78 Å². The van der Waals surface area contributed by atoms with Crippen LogP contribution in [0.1, 0.15) is 32.1 Å². The summed E-state index contributed by atoms with van der Waals surface area (Å²) in [7, 11) is 0. The summed E-state index contributed by atoms with van der Waals surface area (Å²) in [5, 5.41) is 3.06. The molecule has 0 saturated carbocycles. The highest BCUT2D eigenvalue weighted by atomic mass is 19.3. The lowest BCUT2D eigenvalue weighted by Gasteiger charge is -2.21. The minimum Gasteiger partial charge on any atom is -0.373 e. The van der Waals surface area contributed by atoms with Crippen LogP contribution in [0.5, 0.6) is 0 Å². The Labute approximate surface area is 121 Å². The zero-order chi connectivity index (χ0) is 15.9. The first kappa shape index (κ1) is 17.9. The van der Waals surface area contributed by atoms with Crippen molar-refractivity contribution in [1.82, 2.24) is 14.9 Å². The van der Waals surface area contributed by atoms with Gasteiger partial charge in [-0.25, -0.2) is 13.8 Å². The normalized spacial score (nSPS) is 13.9. The minimum absolute atomic E-state index is 0.142. The summed E-state index contributed by atoms with van der Waals surface area (Å²) in [5.41, 5.74) is 0. The zero-order valence-electron chi connectivity index (χ0n) is 12.2. The maximum absolute atomic E-state index is 12.8. The smallest absolute Gasteiger partial charge is 0.330 e. The molecular formula is C13H21F4N3O. The second-order valence-corrected chi connectivity index (χ2v) is 4.67. The summed E-state index contributed by atoms with van der Waals surface area (Å²) < 4.78 is 56.4. The number of imidazole rings is 1. The van der Waals surface area contributed by atoms with Crippen molar-refractivity contribution in [3.05, 3.63) is 18.2 Å². The van der Waals surface area contributed by atoms with Crippen LogP contribution in [-0.4, -0.2) is 41.7 Å². The highest BCUT2D eigenvalue weighted by Gasteiger charge is 2.41. The molecule has 21 heavy (non-hydrogen) atoms. The van der Waals surface area contributed by atoms with E-state index in [0.29, 0.717) is 12.4 Å². The first-order valence-electron chi connectivity index (χ1n) is 6.90. The number of nitrogens with zero attached hydrogens (tertiary/aromatic N) is 2. The van der Waals surface area contributed by atoms with Gasteiger partial charge in [-0.1, -0.05) is 13.8 Å². The third-order valence-electron chi connectivity index (χ3n) is 2.87. The molecule has 8 heteroatoms. The average Bonchev–Trinajstić information content (AvgIpc) is 2.86. The van der Waals surface area contributed by atoms with Gasteiger partial charge in [0.25, 0.3) is 0 Å². The summed E-state index contributed by atoms with van der Waals surface area (Å²) in [5.74, 6) is -3.48. The Bertz CT molecular complexity index is 412. The summed E-state index contributed by atoms with van der Waals surface area (Å²) in [4.78, 5) is 4.19. The highest BCUT2D eigenvalue weighted by molar-refractivity contribution is 4.99. The maximum atomic E-state index is 12.8. The van der Waals surface area contributed by atoms with Crippen LogP contribution in [0.25, 0.3) is 0 Å². The van der Waals surface area contributed by atoms with Gasteiger partial charge in [-0.15, -0.1) is 0 Å². The number of alkyl halides is 4. The topological polar surface area (TPSA) is 39.1 Å². The predicted molar refractivity (Wildman–Crippen MR) is 70.7 cm³/mol. The number of rotatable bonds is 10. The standard InChI is InChI=1S/C13H21F4N3O/c1-3-6-20-7-5-19-11(20)10(18-4-2)8-21-9-13(16,17)12(14)15/h5,7,10,12,18H,3-4,6,8-9H2,1-2H3. The van der Waals surface area contributed by atoms with E-state index in [9.17, 15) is 17.6 Å². The summed E-state index contributed by atoms with van der Waals surface area (Å²) >= 11 is 0. The van der Waals surface area contributed by atoms with Gasteiger partial charge in [0.1, 0.15) is 12.4 Å². The lowest BCUT2D eigenvalue weighted by molar-refractivity contribution is -0.167.